The van der Waals surface area contributed by atoms with Gasteiger partial charge in [0, 0.05) is 5.70 Å². The average molecular weight is 199 g/mol. The number of ether oxygens (including phenoxy) is 1. The third kappa shape index (κ3) is 3.81. The lowest BCUT2D eigenvalue weighted by molar-refractivity contribution is -0.142. The Labute approximate surface area is 86.3 Å². The largest absolute Gasteiger partial charge is 0.460 e. The van der Waals surface area contributed by atoms with Crippen molar-refractivity contribution in [2.75, 3.05) is 0 Å². The van der Waals surface area contributed by atoms with Gasteiger partial charge in [-0.25, -0.2) is 4.79 Å². The van der Waals surface area contributed by atoms with Crippen molar-refractivity contribution < 1.29 is 9.53 Å². The molecule has 0 fully saturated rings. The van der Waals surface area contributed by atoms with Gasteiger partial charge in [-0.1, -0.05) is 20.8 Å². The minimum absolute atomic E-state index is 0.0935. The molecule has 0 aromatic carbocycles. The van der Waals surface area contributed by atoms with E-state index in [2.05, 4.69) is 0 Å². The fourth-order valence-corrected chi connectivity index (χ4v) is 1.10. The molecular formula is C11H21NO2. The third-order valence-corrected chi connectivity index (χ3v) is 1.91. The zero-order valence-corrected chi connectivity index (χ0v) is 9.76. The highest BCUT2D eigenvalue weighted by atomic mass is 16.5. The molecule has 0 amide bonds. The third-order valence-electron chi connectivity index (χ3n) is 1.91. The van der Waals surface area contributed by atoms with Crippen LogP contribution in [0.15, 0.2) is 11.3 Å². The van der Waals surface area contributed by atoms with Crippen LogP contribution in [-0.4, -0.2) is 12.1 Å². The normalized spacial score (nSPS) is 13.1. The first-order valence-electron chi connectivity index (χ1n) is 5.09. The van der Waals surface area contributed by atoms with Gasteiger partial charge in [-0.2, -0.15) is 0 Å². The van der Waals surface area contributed by atoms with Gasteiger partial charge in [0.25, 0.3) is 0 Å². The molecule has 0 saturated heterocycles. The topological polar surface area (TPSA) is 52.3 Å². The van der Waals surface area contributed by atoms with Crippen LogP contribution >= 0.6 is 0 Å². The first-order valence-corrected chi connectivity index (χ1v) is 5.09. The zero-order valence-electron chi connectivity index (χ0n) is 9.76. The molecule has 3 heteroatoms. The molecule has 0 atom stereocenters. The molecule has 0 aliphatic heterocycles. The Balaban J connectivity index is 4.72. The highest BCUT2D eigenvalue weighted by molar-refractivity contribution is 5.89. The van der Waals surface area contributed by atoms with E-state index in [1.807, 2.05) is 34.6 Å². The van der Waals surface area contributed by atoms with Crippen molar-refractivity contribution in [3.05, 3.63) is 11.3 Å². The van der Waals surface area contributed by atoms with Crippen LogP contribution in [0.25, 0.3) is 0 Å². The second-order valence-electron chi connectivity index (χ2n) is 3.90. The van der Waals surface area contributed by atoms with Crippen molar-refractivity contribution in [1.29, 1.82) is 0 Å². The van der Waals surface area contributed by atoms with Crippen molar-refractivity contribution >= 4 is 5.97 Å². The fraction of sp³-hybridized carbons (Fsp3) is 0.727. The van der Waals surface area contributed by atoms with Gasteiger partial charge in [-0.05, 0) is 26.2 Å². The van der Waals surface area contributed by atoms with Gasteiger partial charge >= 0.3 is 5.97 Å². The molecule has 0 unspecified atom stereocenters. The van der Waals surface area contributed by atoms with E-state index in [1.165, 1.54) is 0 Å². The van der Waals surface area contributed by atoms with E-state index in [9.17, 15) is 4.79 Å². The lowest BCUT2D eigenvalue weighted by Crippen LogP contribution is -2.19. The Kier molecular flexibility index (Phi) is 5.28. The molecule has 0 rings (SSSR count). The maximum atomic E-state index is 11.6. The van der Waals surface area contributed by atoms with E-state index < -0.39 is 0 Å². The van der Waals surface area contributed by atoms with Crippen molar-refractivity contribution in [3.8, 4) is 0 Å². The van der Waals surface area contributed by atoms with Crippen LogP contribution in [0, 0.1) is 5.92 Å². The first kappa shape index (κ1) is 13.0. The van der Waals surface area contributed by atoms with Crippen LogP contribution in [0.4, 0.5) is 0 Å². The number of hydrogen-bond acceptors (Lipinski definition) is 3. The minimum Gasteiger partial charge on any atom is -0.460 e. The molecule has 0 aromatic rings. The molecule has 2 N–H and O–H groups in total. The van der Waals surface area contributed by atoms with Gasteiger partial charge in [0.05, 0.1) is 11.7 Å². The minimum atomic E-state index is -0.284. The number of nitrogens with two attached hydrogens (primary N) is 1. The molecule has 0 spiro atoms. The molecule has 82 valence electrons. The molecule has 0 bridgehead atoms. The van der Waals surface area contributed by atoms with Gasteiger partial charge < -0.3 is 10.5 Å². The van der Waals surface area contributed by atoms with E-state index in [4.69, 9.17) is 10.5 Å². The summed E-state index contributed by atoms with van der Waals surface area (Å²) in [6.07, 6.45) is 0.527. The van der Waals surface area contributed by atoms with Crippen LogP contribution in [0.2, 0.25) is 0 Å². The summed E-state index contributed by atoms with van der Waals surface area (Å²) in [5.41, 5.74) is 7.07. The second-order valence-corrected chi connectivity index (χ2v) is 3.90. The summed E-state index contributed by atoms with van der Waals surface area (Å²) in [6, 6.07) is 0. The van der Waals surface area contributed by atoms with E-state index >= 15 is 0 Å². The number of esters is 1. The predicted octanol–water partition coefficient (Wildman–Crippen LogP) is 2.22. The van der Waals surface area contributed by atoms with Crippen molar-refractivity contribution in [3.63, 3.8) is 0 Å². The van der Waals surface area contributed by atoms with Crippen LogP contribution < -0.4 is 5.73 Å². The van der Waals surface area contributed by atoms with Crippen molar-refractivity contribution in [2.24, 2.45) is 11.7 Å². The summed E-state index contributed by atoms with van der Waals surface area (Å²) in [4.78, 5) is 11.6. The highest BCUT2D eigenvalue weighted by Crippen LogP contribution is 2.14. The van der Waals surface area contributed by atoms with Gasteiger partial charge in [0.2, 0.25) is 0 Å². The van der Waals surface area contributed by atoms with Gasteiger partial charge in [-0.3, -0.25) is 0 Å². The smallest absolute Gasteiger partial charge is 0.336 e. The summed E-state index contributed by atoms with van der Waals surface area (Å²) < 4.78 is 5.10. The standard InChI is InChI=1S/C11H21NO2/c1-6-9(10(12)7(2)3)11(13)14-8(4)5/h7-8H,6,12H2,1-5H3. The van der Waals surface area contributed by atoms with Crippen molar-refractivity contribution in [1.82, 2.24) is 0 Å². The quantitative estimate of drug-likeness (QED) is 0.558. The lowest BCUT2D eigenvalue weighted by atomic mass is 10.0. The SMILES string of the molecule is CCC(C(=O)OC(C)C)=C(N)C(C)C. The van der Waals surface area contributed by atoms with Gasteiger partial charge in [-0.15, -0.1) is 0 Å². The Morgan fingerprint density at radius 1 is 1.29 bits per heavy atom. The average Bonchev–Trinajstić information content (AvgIpc) is 2.03. The van der Waals surface area contributed by atoms with E-state index in [-0.39, 0.29) is 18.0 Å². The molecule has 3 nitrogen and oxygen atoms in total. The molecule has 0 aliphatic rings. The monoisotopic (exact) mass is 199 g/mol. The lowest BCUT2D eigenvalue weighted by Gasteiger charge is -2.14. The van der Waals surface area contributed by atoms with Crippen LogP contribution in [0.1, 0.15) is 41.0 Å². The summed E-state index contributed by atoms with van der Waals surface area (Å²) in [5, 5.41) is 0. The van der Waals surface area contributed by atoms with Gasteiger partial charge in [0.15, 0.2) is 0 Å². The molecule has 0 aliphatic carbocycles. The molecule has 0 aromatic heterocycles. The van der Waals surface area contributed by atoms with Crippen molar-refractivity contribution in [2.45, 2.75) is 47.1 Å². The molecular weight excluding hydrogens is 178 g/mol. The number of allylic oxidation sites excluding steroid dienone is 1. The predicted molar refractivity (Wildman–Crippen MR) is 57.6 cm³/mol. The molecule has 0 saturated carbocycles. The van der Waals surface area contributed by atoms with E-state index in [0.717, 1.165) is 0 Å². The Morgan fingerprint density at radius 2 is 1.79 bits per heavy atom. The van der Waals surface area contributed by atoms with Crippen LogP contribution in [0.3, 0.4) is 0 Å². The number of carbonyl (C=O) groups is 1. The first-order chi connectivity index (χ1) is 6.40. The summed E-state index contributed by atoms with van der Waals surface area (Å²) >= 11 is 0. The maximum Gasteiger partial charge on any atom is 0.336 e. The summed E-state index contributed by atoms with van der Waals surface area (Å²) in [5.74, 6) is -0.0987. The Hall–Kier alpha value is -0.990. The zero-order chi connectivity index (χ0) is 11.3. The molecule has 14 heavy (non-hydrogen) atoms. The number of carbonyl (C=O) groups excluding carboxylic acids is 1. The van der Waals surface area contributed by atoms with E-state index in [0.29, 0.717) is 17.7 Å². The van der Waals surface area contributed by atoms with Crippen LogP contribution in [0.5, 0.6) is 0 Å². The Morgan fingerprint density at radius 3 is 2.07 bits per heavy atom. The summed E-state index contributed by atoms with van der Waals surface area (Å²) in [6.45, 7) is 9.50. The molecule has 0 radical (unpaired) electrons. The summed E-state index contributed by atoms with van der Waals surface area (Å²) in [7, 11) is 0. The fourth-order valence-electron chi connectivity index (χ4n) is 1.10. The Bertz CT molecular complexity index is 229. The highest BCUT2D eigenvalue weighted by Gasteiger charge is 2.16. The van der Waals surface area contributed by atoms with Crippen LogP contribution in [-0.2, 0) is 9.53 Å². The van der Waals surface area contributed by atoms with E-state index in [1.54, 1.807) is 0 Å². The number of hydrogen-bond donors (Lipinski definition) is 1. The molecule has 0 heterocycles. The second kappa shape index (κ2) is 5.68. The van der Waals surface area contributed by atoms with Gasteiger partial charge in [0.1, 0.15) is 0 Å². The maximum absolute atomic E-state index is 11.6. The number of rotatable bonds is 4.